The lowest BCUT2D eigenvalue weighted by atomic mass is 10.1. The average molecular weight is 285 g/mol. The van der Waals surface area contributed by atoms with Gasteiger partial charge < -0.3 is 5.32 Å². The first-order chi connectivity index (χ1) is 9.74. The van der Waals surface area contributed by atoms with E-state index in [0.717, 1.165) is 36.8 Å². The standard InChI is InChI=1S/C16H19N3S/c1-11-5-3-4-6-15(11)20-10-16-18-12(2)13-7-8-17-9-14(13)19-16/h3-6,17H,7-10H2,1-2H3. The van der Waals surface area contributed by atoms with E-state index in [0.29, 0.717) is 0 Å². The summed E-state index contributed by atoms with van der Waals surface area (Å²) < 4.78 is 0. The number of nitrogens with one attached hydrogen (secondary N) is 1. The van der Waals surface area contributed by atoms with Gasteiger partial charge in [-0.15, -0.1) is 11.8 Å². The van der Waals surface area contributed by atoms with Crippen LogP contribution >= 0.6 is 11.8 Å². The normalized spacial score (nSPS) is 14.1. The van der Waals surface area contributed by atoms with Crippen molar-refractivity contribution in [3.63, 3.8) is 0 Å². The van der Waals surface area contributed by atoms with Crippen molar-refractivity contribution < 1.29 is 0 Å². The number of rotatable bonds is 3. The van der Waals surface area contributed by atoms with Crippen molar-refractivity contribution in [1.29, 1.82) is 0 Å². The van der Waals surface area contributed by atoms with Crippen LogP contribution in [0.4, 0.5) is 0 Å². The highest BCUT2D eigenvalue weighted by Gasteiger charge is 2.15. The van der Waals surface area contributed by atoms with Crippen LogP contribution in [0.15, 0.2) is 29.2 Å². The van der Waals surface area contributed by atoms with Gasteiger partial charge in [-0.05, 0) is 44.0 Å². The minimum atomic E-state index is 0.832. The van der Waals surface area contributed by atoms with E-state index < -0.39 is 0 Å². The zero-order chi connectivity index (χ0) is 13.9. The van der Waals surface area contributed by atoms with Gasteiger partial charge in [0.2, 0.25) is 0 Å². The Kier molecular flexibility index (Phi) is 4.03. The van der Waals surface area contributed by atoms with Gasteiger partial charge in [-0.25, -0.2) is 9.97 Å². The van der Waals surface area contributed by atoms with Crippen molar-refractivity contribution in [3.05, 3.63) is 52.6 Å². The molecule has 0 amide bonds. The zero-order valence-corrected chi connectivity index (χ0v) is 12.8. The molecule has 0 saturated carbocycles. The predicted molar refractivity (Wildman–Crippen MR) is 82.9 cm³/mol. The smallest absolute Gasteiger partial charge is 0.139 e. The monoisotopic (exact) mass is 285 g/mol. The average Bonchev–Trinajstić information content (AvgIpc) is 2.46. The van der Waals surface area contributed by atoms with E-state index in [-0.39, 0.29) is 0 Å². The van der Waals surface area contributed by atoms with Crippen LogP contribution in [0.1, 0.15) is 28.3 Å². The lowest BCUT2D eigenvalue weighted by Crippen LogP contribution is -2.26. The fourth-order valence-corrected chi connectivity index (χ4v) is 3.42. The second-order valence-corrected chi connectivity index (χ2v) is 6.15. The molecule has 0 spiro atoms. The molecule has 3 nitrogen and oxygen atoms in total. The lowest BCUT2D eigenvalue weighted by molar-refractivity contribution is 0.614. The Balaban J connectivity index is 1.78. The van der Waals surface area contributed by atoms with Crippen LogP contribution in [0.3, 0.4) is 0 Å². The van der Waals surface area contributed by atoms with Crippen LogP contribution in [0, 0.1) is 13.8 Å². The summed E-state index contributed by atoms with van der Waals surface area (Å²) in [5, 5.41) is 3.38. The van der Waals surface area contributed by atoms with Gasteiger partial charge in [0.05, 0.1) is 11.4 Å². The molecular formula is C16H19N3S. The molecule has 1 aromatic heterocycles. The maximum absolute atomic E-state index is 4.72. The van der Waals surface area contributed by atoms with E-state index in [1.165, 1.54) is 21.7 Å². The maximum atomic E-state index is 4.72. The number of aromatic nitrogens is 2. The number of benzene rings is 1. The summed E-state index contributed by atoms with van der Waals surface area (Å²) >= 11 is 1.81. The molecular weight excluding hydrogens is 266 g/mol. The molecule has 104 valence electrons. The van der Waals surface area contributed by atoms with E-state index in [2.05, 4.69) is 48.4 Å². The molecule has 2 aromatic rings. The van der Waals surface area contributed by atoms with Gasteiger partial charge in [0.1, 0.15) is 5.82 Å². The largest absolute Gasteiger partial charge is 0.311 e. The van der Waals surface area contributed by atoms with Crippen molar-refractivity contribution in [1.82, 2.24) is 15.3 Å². The molecule has 0 atom stereocenters. The molecule has 20 heavy (non-hydrogen) atoms. The minimum Gasteiger partial charge on any atom is -0.311 e. The van der Waals surface area contributed by atoms with Gasteiger partial charge >= 0.3 is 0 Å². The third kappa shape index (κ3) is 2.86. The Hall–Kier alpha value is -1.39. The molecule has 0 bridgehead atoms. The summed E-state index contributed by atoms with van der Waals surface area (Å²) in [6, 6.07) is 8.46. The Morgan fingerprint density at radius 2 is 2.05 bits per heavy atom. The molecule has 4 heteroatoms. The molecule has 1 aromatic carbocycles. The van der Waals surface area contributed by atoms with Gasteiger partial charge in [0, 0.05) is 17.1 Å². The summed E-state index contributed by atoms with van der Waals surface area (Å²) in [7, 11) is 0. The van der Waals surface area contributed by atoms with E-state index in [1.807, 2.05) is 11.8 Å². The van der Waals surface area contributed by atoms with Crippen LogP contribution < -0.4 is 5.32 Å². The van der Waals surface area contributed by atoms with E-state index in [9.17, 15) is 0 Å². The van der Waals surface area contributed by atoms with Gasteiger partial charge in [0.15, 0.2) is 0 Å². The molecule has 0 radical (unpaired) electrons. The Labute approximate surface area is 124 Å². The van der Waals surface area contributed by atoms with Crippen LogP contribution in [0.2, 0.25) is 0 Å². The highest BCUT2D eigenvalue weighted by Crippen LogP contribution is 2.25. The fourth-order valence-electron chi connectivity index (χ4n) is 2.53. The highest BCUT2D eigenvalue weighted by atomic mass is 32.2. The van der Waals surface area contributed by atoms with Crippen molar-refractivity contribution in [2.45, 2.75) is 37.5 Å². The summed E-state index contributed by atoms with van der Waals surface area (Å²) in [5.41, 5.74) is 4.99. The number of fused-ring (bicyclic) bond motifs is 1. The Bertz CT molecular complexity index is 625. The lowest BCUT2D eigenvalue weighted by Gasteiger charge is -2.18. The Morgan fingerprint density at radius 3 is 2.90 bits per heavy atom. The second kappa shape index (κ2) is 5.94. The minimum absolute atomic E-state index is 0.832. The van der Waals surface area contributed by atoms with Crippen LogP contribution in [-0.2, 0) is 18.7 Å². The fraction of sp³-hybridized carbons (Fsp3) is 0.375. The van der Waals surface area contributed by atoms with Gasteiger partial charge in [-0.1, -0.05) is 18.2 Å². The third-order valence-corrected chi connectivity index (χ3v) is 4.81. The highest BCUT2D eigenvalue weighted by molar-refractivity contribution is 7.98. The SMILES string of the molecule is Cc1ccccc1SCc1nc(C)c2c(n1)CNCC2. The van der Waals surface area contributed by atoms with Crippen LogP contribution in [-0.4, -0.2) is 16.5 Å². The first kappa shape index (κ1) is 13.6. The van der Waals surface area contributed by atoms with E-state index in [4.69, 9.17) is 4.98 Å². The van der Waals surface area contributed by atoms with Crippen LogP contribution in [0.25, 0.3) is 0 Å². The molecule has 1 N–H and O–H groups in total. The molecule has 0 aliphatic carbocycles. The molecule has 2 heterocycles. The van der Waals surface area contributed by atoms with E-state index >= 15 is 0 Å². The molecule has 0 saturated heterocycles. The first-order valence-electron chi connectivity index (χ1n) is 6.98. The van der Waals surface area contributed by atoms with Crippen molar-refractivity contribution in [2.75, 3.05) is 6.54 Å². The van der Waals surface area contributed by atoms with Crippen molar-refractivity contribution >= 4 is 11.8 Å². The molecule has 0 fully saturated rings. The second-order valence-electron chi connectivity index (χ2n) is 5.13. The first-order valence-corrected chi connectivity index (χ1v) is 7.97. The number of thioether (sulfide) groups is 1. The molecule has 1 aliphatic rings. The summed E-state index contributed by atoms with van der Waals surface area (Å²) in [5.74, 6) is 1.78. The van der Waals surface area contributed by atoms with Crippen molar-refractivity contribution in [3.8, 4) is 0 Å². The molecule has 3 rings (SSSR count). The van der Waals surface area contributed by atoms with Crippen LogP contribution in [0.5, 0.6) is 0 Å². The third-order valence-electron chi connectivity index (χ3n) is 3.64. The van der Waals surface area contributed by atoms with Crippen molar-refractivity contribution in [2.24, 2.45) is 0 Å². The number of hydrogen-bond acceptors (Lipinski definition) is 4. The van der Waals surface area contributed by atoms with E-state index in [1.54, 1.807) is 0 Å². The number of hydrogen-bond donors (Lipinski definition) is 1. The number of aryl methyl sites for hydroxylation is 2. The summed E-state index contributed by atoms with van der Waals surface area (Å²) in [6.07, 6.45) is 1.05. The molecule has 0 unspecified atom stereocenters. The topological polar surface area (TPSA) is 37.8 Å². The summed E-state index contributed by atoms with van der Waals surface area (Å²) in [6.45, 7) is 6.16. The van der Waals surface area contributed by atoms with Gasteiger partial charge in [0.25, 0.3) is 0 Å². The van der Waals surface area contributed by atoms with Gasteiger partial charge in [-0.3, -0.25) is 0 Å². The number of nitrogens with zero attached hydrogens (tertiary/aromatic N) is 2. The predicted octanol–water partition coefficient (Wildman–Crippen LogP) is 3.03. The zero-order valence-electron chi connectivity index (χ0n) is 11.9. The maximum Gasteiger partial charge on any atom is 0.139 e. The molecule has 1 aliphatic heterocycles. The van der Waals surface area contributed by atoms with Gasteiger partial charge in [-0.2, -0.15) is 0 Å². The summed E-state index contributed by atoms with van der Waals surface area (Å²) in [4.78, 5) is 10.7. The Morgan fingerprint density at radius 1 is 1.20 bits per heavy atom. The quantitative estimate of drug-likeness (QED) is 0.880.